The molecule has 2 rings (SSSR count). The molecule has 0 aromatic carbocycles. The Morgan fingerprint density at radius 3 is 2.39 bits per heavy atom. The molecule has 1 aliphatic carbocycles. The van der Waals surface area contributed by atoms with E-state index in [0.29, 0.717) is 0 Å². The highest BCUT2D eigenvalue weighted by Gasteiger charge is 2.26. The summed E-state index contributed by atoms with van der Waals surface area (Å²) in [5, 5.41) is 3.70. The molecule has 106 valence electrons. The Hall–Kier alpha value is -0.0800. The maximum atomic E-state index is 3.70. The van der Waals surface area contributed by atoms with Crippen LogP contribution >= 0.6 is 0 Å². The van der Waals surface area contributed by atoms with Gasteiger partial charge in [-0.25, -0.2) is 0 Å². The number of likely N-dealkylation sites (N-methyl/N-ethyl adjacent to an activating group) is 1. The van der Waals surface area contributed by atoms with Crippen LogP contribution in [0.15, 0.2) is 0 Å². The minimum atomic E-state index is 0.754. The molecular formula is C16H32N2. The fourth-order valence-corrected chi connectivity index (χ4v) is 3.86. The molecule has 2 atom stereocenters. The summed E-state index contributed by atoms with van der Waals surface area (Å²) in [4.78, 5) is 2.74. The highest BCUT2D eigenvalue weighted by atomic mass is 15.2. The molecule has 0 radical (unpaired) electrons. The molecule has 1 saturated heterocycles. The predicted octanol–water partition coefficient (Wildman–Crippen LogP) is 3.42. The molecule has 2 heteroatoms. The summed E-state index contributed by atoms with van der Waals surface area (Å²) in [7, 11) is 0. The van der Waals surface area contributed by atoms with Crippen molar-refractivity contribution in [3.05, 3.63) is 0 Å². The molecule has 18 heavy (non-hydrogen) atoms. The first-order valence-electron chi connectivity index (χ1n) is 8.28. The standard InChI is InChI=1S/C16H32N2/c1-3-18(13-16-11-7-8-12-17-16)14(2)15-9-5-4-6-10-15/h14-17H,3-13H2,1-2H3. The van der Waals surface area contributed by atoms with Crippen LogP contribution in [0.2, 0.25) is 0 Å². The molecule has 2 nitrogen and oxygen atoms in total. The summed E-state index contributed by atoms with van der Waals surface area (Å²) in [6, 6.07) is 1.55. The van der Waals surface area contributed by atoms with Gasteiger partial charge in [0.15, 0.2) is 0 Å². The quantitative estimate of drug-likeness (QED) is 0.806. The largest absolute Gasteiger partial charge is 0.313 e. The molecule has 0 aromatic rings. The van der Waals surface area contributed by atoms with E-state index >= 15 is 0 Å². The maximum Gasteiger partial charge on any atom is 0.0195 e. The Morgan fingerprint density at radius 2 is 1.78 bits per heavy atom. The van der Waals surface area contributed by atoms with Crippen LogP contribution in [-0.4, -0.2) is 36.6 Å². The van der Waals surface area contributed by atoms with Crippen LogP contribution in [0.5, 0.6) is 0 Å². The van der Waals surface area contributed by atoms with Gasteiger partial charge in [-0.1, -0.05) is 32.6 Å². The van der Waals surface area contributed by atoms with Crippen LogP contribution in [0.1, 0.15) is 65.2 Å². The lowest BCUT2D eigenvalue weighted by molar-refractivity contribution is 0.118. The van der Waals surface area contributed by atoms with Crippen molar-refractivity contribution in [1.82, 2.24) is 10.2 Å². The Balaban J connectivity index is 1.81. The number of hydrogen-bond acceptors (Lipinski definition) is 2. The van der Waals surface area contributed by atoms with Crippen molar-refractivity contribution in [2.75, 3.05) is 19.6 Å². The zero-order valence-corrected chi connectivity index (χ0v) is 12.5. The van der Waals surface area contributed by atoms with Gasteiger partial charge in [-0.2, -0.15) is 0 Å². The summed E-state index contributed by atoms with van der Waals surface area (Å²) >= 11 is 0. The fourth-order valence-electron chi connectivity index (χ4n) is 3.86. The molecule has 1 heterocycles. The average molecular weight is 252 g/mol. The third-order valence-electron chi connectivity index (χ3n) is 5.18. The molecule has 1 N–H and O–H groups in total. The molecule has 0 spiro atoms. The first kappa shape index (κ1) is 14.3. The smallest absolute Gasteiger partial charge is 0.0195 e. The summed E-state index contributed by atoms with van der Waals surface area (Å²) in [6.45, 7) is 8.54. The van der Waals surface area contributed by atoms with Crippen LogP contribution < -0.4 is 5.32 Å². The van der Waals surface area contributed by atoms with Crippen molar-refractivity contribution in [2.24, 2.45) is 5.92 Å². The van der Waals surface area contributed by atoms with Crippen molar-refractivity contribution in [3.8, 4) is 0 Å². The number of nitrogens with one attached hydrogen (secondary N) is 1. The molecule has 0 amide bonds. The van der Waals surface area contributed by atoms with E-state index in [1.54, 1.807) is 0 Å². The Kier molecular flexibility index (Phi) is 5.97. The van der Waals surface area contributed by atoms with E-state index in [4.69, 9.17) is 0 Å². The Labute approximate surface area is 114 Å². The fraction of sp³-hybridized carbons (Fsp3) is 1.00. The van der Waals surface area contributed by atoms with Crippen LogP contribution in [0.4, 0.5) is 0 Å². The van der Waals surface area contributed by atoms with Gasteiger partial charge in [-0.3, -0.25) is 4.90 Å². The van der Waals surface area contributed by atoms with Gasteiger partial charge in [0, 0.05) is 18.6 Å². The van der Waals surface area contributed by atoms with E-state index in [-0.39, 0.29) is 0 Å². The molecule has 2 aliphatic rings. The first-order valence-corrected chi connectivity index (χ1v) is 8.28. The third-order valence-corrected chi connectivity index (χ3v) is 5.18. The lowest BCUT2D eigenvalue weighted by atomic mass is 9.83. The summed E-state index contributed by atoms with van der Waals surface area (Å²) in [6.07, 6.45) is 11.5. The molecular weight excluding hydrogens is 220 g/mol. The lowest BCUT2D eigenvalue weighted by Gasteiger charge is -2.39. The first-order chi connectivity index (χ1) is 8.81. The average Bonchev–Trinajstić information content (AvgIpc) is 2.46. The summed E-state index contributed by atoms with van der Waals surface area (Å²) < 4.78 is 0. The van der Waals surface area contributed by atoms with Gasteiger partial charge in [0.1, 0.15) is 0 Å². The van der Waals surface area contributed by atoms with Gasteiger partial charge in [-0.05, 0) is 51.6 Å². The number of hydrogen-bond donors (Lipinski definition) is 1. The second kappa shape index (κ2) is 7.49. The van der Waals surface area contributed by atoms with Crippen molar-refractivity contribution < 1.29 is 0 Å². The zero-order chi connectivity index (χ0) is 12.8. The van der Waals surface area contributed by atoms with Gasteiger partial charge >= 0.3 is 0 Å². The van der Waals surface area contributed by atoms with E-state index in [1.165, 1.54) is 71.0 Å². The van der Waals surface area contributed by atoms with Crippen LogP contribution in [0.25, 0.3) is 0 Å². The highest BCUT2D eigenvalue weighted by Crippen LogP contribution is 2.29. The minimum absolute atomic E-state index is 0.754. The molecule has 2 unspecified atom stereocenters. The molecule has 2 fully saturated rings. The highest BCUT2D eigenvalue weighted by molar-refractivity contribution is 4.82. The second-order valence-corrected chi connectivity index (χ2v) is 6.37. The summed E-state index contributed by atoms with van der Waals surface area (Å²) in [5.41, 5.74) is 0. The van der Waals surface area contributed by atoms with E-state index in [0.717, 1.165) is 18.0 Å². The topological polar surface area (TPSA) is 15.3 Å². The van der Waals surface area contributed by atoms with Gasteiger partial charge < -0.3 is 5.32 Å². The third kappa shape index (κ3) is 3.96. The zero-order valence-electron chi connectivity index (χ0n) is 12.5. The molecule has 0 aromatic heterocycles. The van der Waals surface area contributed by atoms with Gasteiger partial charge in [-0.15, -0.1) is 0 Å². The van der Waals surface area contributed by atoms with E-state index < -0.39 is 0 Å². The SMILES string of the molecule is CCN(CC1CCCCN1)C(C)C1CCCCC1. The Morgan fingerprint density at radius 1 is 1.06 bits per heavy atom. The minimum Gasteiger partial charge on any atom is -0.313 e. The van der Waals surface area contributed by atoms with Crippen LogP contribution in [0, 0.1) is 5.92 Å². The van der Waals surface area contributed by atoms with Crippen LogP contribution in [0.3, 0.4) is 0 Å². The molecule has 1 saturated carbocycles. The van der Waals surface area contributed by atoms with E-state index in [1.807, 2.05) is 0 Å². The number of piperidine rings is 1. The second-order valence-electron chi connectivity index (χ2n) is 6.37. The van der Waals surface area contributed by atoms with E-state index in [2.05, 4.69) is 24.1 Å². The maximum absolute atomic E-state index is 3.70. The van der Waals surface area contributed by atoms with Crippen molar-refractivity contribution in [1.29, 1.82) is 0 Å². The van der Waals surface area contributed by atoms with Crippen molar-refractivity contribution in [3.63, 3.8) is 0 Å². The van der Waals surface area contributed by atoms with Crippen molar-refractivity contribution >= 4 is 0 Å². The molecule has 1 aliphatic heterocycles. The Bertz CT molecular complexity index is 217. The predicted molar refractivity (Wildman–Crippen MR) is 78.9 cm³/mol. The van der Waals surface area contributed by atoms with Crippen LogP contribution in [-0.2, 0) is 0 Å². The summed E-state index contributed by atoms with van der Waals surface area (Å²) in [5.74, 6) is 0.960. The van der Waals surface area contributed by atoms with Crippen molar-refractivity contribution in [2.45, 2.75) is 77.3 Å². The van der Waals surface area contributed by atoms with Gasteiger partial charge in [0.25, 0.3) is 0 Å². The number of rotatable bonds is 5. The lowest BCUT2D eigenvalue weighted by Crippen LogP contribution is -2.48. The number of nitrogens with zero attached hydrogens (tertiary/aromatic N) is 1. The van der Waals surface area contributed by atoms with E-state index in [9.17, 15) is 0 Å². The van der Waals surface area contributed by atoms with Gasteiger partial charge in [0.2, 0.25) is 0 Å². The normalized spacial score (nSPS) is 28.5. The molecule has 0 bridgehead atoms. The van der Waals surface area contributed by atoms with Gasteiger partial charge in [0.05, 0.1) is 0 Å². The monoisotopic (exact) mass is 252 g/mol.